The summed E-state index contributed by atoms with van der Waals surface area (Å²) >= 11 is 0. The molecular formula is C18H18N4O3. The van der Waals surface area contributed by atoms with Crippen molar-refractivity contribution in [2.45, 2.75) is 19.5 Å². The van der Waals surface area contributed by atoms with E-state index in [1.807, 2.05) is 12.1 Å². The smallest absolute Gasteiger partial charge is 0.316 e. The highest BCUT2D eigenvalue weighted by Crippen LogP contribution is 2.09. The van der Waals surface area contributed by atoms with Gasteiger partial charge in [0.15, 0.2) is 0 Å². The van der Waals surface area contributed by atoms with E-state index in [9.17, 15) is 14.4 Å². The standard InChI is InChI=1S/C18H18N4O3/c1-21-14-7-2-3-8-15(14)22(18(25)17(21)24)11-9-16(23)20-12-13-6-4-5-10-19-13/h2-8,10H,9,11-12H2,1H3,(H,20,23). The number of rotatable bonds is 5. The molecule has 0 saturated carbocycles. The minimum absolute atomic E-state index is 0.101. The van der Waals surface area contributed by atoms with E-state index < -0.39 is 11.1 Å². The zero-order chi connectivity index (χ0) is 17.8. The van der Waals surface area contributed by atoms with E-state index in [2.05, 4.69) is 10.3 Å². The molecular weight excluding hydrogens is 320 g/mol. The number of para-hydroxylation sites is 2. The van der Waals surface area contributed by atoms with Gasteiger partial charge in [-0.3, -0.25) is 19.4 Å². The minimum Gasteiger partial charge on any atom is -0.350 e. The third-order valence-corrected chi connectivity index (χ3v) is 4.02. The number of aromatic nitrogens is 3. The molecule has 3 aromatic rings. The Morgan fingerprint density at radius 2 is 1.76 bits per heavy atom. The lowest BCUT2D eigenvalue weighted by Crippen LogP contribution is -2.41. The zero-order valence-electron chi connectivity index (χ0n) is 13.8. The molecule has 3 rings (SSSR count). The van der Waals surface area contributed by atoms with E-state index in [0.29, 0.717) is 17.6 Å². The number of nitrogens with zero attached hydrogens (tertiary/aromatic N) is 3. The quantitative estimate of drug-likeness (QED) is 0.697. The summed E-state index contributed by atoms with van der Waals surface area (Å²) in [7, 11) is 1.57. The van der Waals surface area contributed by atoms with Gasteiger partial charge in [-0.25, -0.2) is 0 Å². The van der Waals surface area contributed by atoms with Gasteiger partial charge in [-0.15, -0.1) is 0 Å². The molecule has 7 heteroatoms. The van der Waals surface area contributed by atoms with Gasteiger partial charge in [-0.1, -0.05) is 18.2 Å². The Labute approximate surface area is 143 Å². The minimum atomic E-state index is -0.626. The molecule has 0 bridgehead atoms. The Kier molecular flexibility index (Phi) is 4.74. The van der Waals surface area contributed by atoms with E-state index in [1.54, 1.807) is 43.6 Å². The summed E-state index contributed by atoms with van der Waals surface area (Å²) in [5.41, 5.74) is 0.812. The van der Waals surface area contributed by atoms with Crippen LogP contribution in [0.25, 0.3) is 11.0 Å². The molecule has 0 fully saturated rings. The third-order valence-electron chi connectivity index (χ3n) is 4.02. The maximum atomic E-state index is 12.3. The van der Waals surface area contributed by atoms with Crippen molar-refractivity contribution >= 4 is 16.9 Å². The number of benzene rings is 1. The summed E-state index contributed by atoms with van der Waals surface area (Å²) in [6, 6.07) is 12.6. The van der Waals surface area contributed by atoms with Crippen LogP contribution in [-0.2, 0) is 24.9 Å². The number of carbonyl (C=O) groups excluding carboxylic acids is 1. The monoisotopic (exact) mass is 338 g/mol. The molecule has 0 aliphatic heterocycles. The van der Waals surface area contributed by atoms with Crippen LogP contribution < -0.4 is 16.4 Å². The fourth-order valence-corrected chi connectivity index (χ4v) is 2.67. The molecule has 2 heterocycles. The van der Waals surface area contributed by atoms with Crippen molar-refractivity contribution in [3.8, 4) is 0 Å². The lowest BCUT2D eigenvalue weighted by atomic mass is 10.2. The maximum Gasteiger partial charge on any atom is 0.316 e. The van der Waals surface area contributed by atoms with Crippen molar-refractivity contribution in [3.05, 3.63) is 75.1 Å². The van der Waals surface area contributed by atoms with E-state index in [0.717, 1.165) is 5.69 Å². The SMILES string of the molecule is Cn1c(=O)c(=O)n(CCC(=O)NCc2ccccn2)c2ccccc21. The van der Waals surface area contributed by atoms with E-state index in [-0.39, 0.29) is 18.9 Å². The number of nitrogens with one attached hydrogen (secondary N) is 1. The summed E-state index contributed by atoms with van der Waals surface area (Å²) in [6.45, 7) is 0.468. The third kappa shape index (κ3) is 3.50. The van der Waals surface area contributed by atoms with Crippen molar-refractivity contribution in [1.82, 2.24) is 19.4 Å². The van der Waals surface area contributed by atoms with Crippen molar-refractivity contribution in [2.24, 2.45) is 7.05 Å². The molecule has 0 atom stereocenters. The van der Waals surface area contributed by atoms with Crippen molar-refractivity contribution in [1.29, 1.82) is 0 Å². The second kappa shape index (κ2) is 7.12. The van der Waals surface area contributed by atoms with Crippen LogP contribution in [0.3, 0.4) is 0 Å². The Bertz CT molecular complexity index is 1020. The van der Waals surface area contributed by atoms with Gasteiger partial charge in [0.05, 0.1) is 23.3 Å². The summed E-state index contributed by atoms with van der Waals surface area (Å²) < 4.78 is 2.69. The molecule has 0 radical (unpaired) electrons. The number of carbonyl (C=O) groups is 1. The Morgan fingerprint density at radius 1 is 1.04 bits per heavy atom. The molecule has 1 aromatic carbocycles. The largest absolute Gasteiger partial charge is 0.350 e. The molecule has 1 amide bonds. The maximum absolute atomic E-state index is 12.3. The molecule has 0 spiro atoms. The van der Waals surface area contributed by atoms with Crippen LogP contribution in [0.15, 0.2) is 58.3 Å². The Morgan fingerprint density at radius 3 is 2.48 bits per heavy atom. The molecule has 128 valence electrons. The second-order valence-electron chi connectivity index (χ2n) is 5.66. The first kappa shape index (κ1) is 16.6. The number of pyridine rings is 1. The van der Waals surface area contributed by atoms with Crippen LogP contribution in [0.1, 0.15) is 12.1 Å². The van der Waals surface area contributed by atoms with Gasteiger partial charge in [0.25, 0.3) is 0 Å². The first-order chi connectivity index (χ1) is 12.1. The molecule has 0 saturated heterocycles. The fraction of sp³-hybridized carbons (Fsp3) is 0.222. The van der Waals surface area contributed by atoms with Gasteiger partial charge in [0.2, 0.25) is 5.91 Å². The van der Waals surface area contributed by atoms with Crippen LogP contribution in [0.4, 0.5) is 0 Å². The van der Waals surface area contributed by atoms with Gasteiger partial charge < -0.3 is 14.5 Å². The molecule has 1 N–H and O–H groups in total. The van der Waals surface area contributed by atoms with E-state index >= 15 is 0 Å². The van der Waals surface area contributed by atoms with Crippen LogP contribution in [0.5, 0.6) is 0 Å². The summed E-state index contributed by atoms with van der Waals surface area (Å²) in [5, 5.41) is 2.76. The molecule has 0 aliphatic rings. The van der Waals surface area contributed by atoms with Crippen molar-refractivity contribution in [2.75, 3.05) is 0 Å². The highest BCUT2D eigenvalue weighted by Gasteiger charge is 2.11. The average Bonchev–Trinajstić information content (AvgIpc) is 2.65. The topological polar surface area (TPSA) is 86.0 Å². The molecule has 2 aromatic heterocycles. The number of hydrogen-bond acceptors (Lipinski definition) is 4. The van der Waals surface area contributed by atoms with Crippen LogP contribution >= 0.6 is 0 Å². The molecule has 0 aliphatic carbocycles. The van der Waals surface area contributed by atoms with Crippen molar-refractivity contribution < 1.29 is 4.79 Å². The molecule has 0 unspecified atom stereocenters. The Hall–Kier alpha value is -3.22. The van der Waals surface area contributed by atoms with Gasteiger partial charge in [-0.05, 0) is 24.3 Å². The lowest BCUT2D eigenvalue weighted by Gasteiger charge is -2.12. The number of fused-ring (bicyclic) bond motifs is 1. The number of hydrogen-bond donors (Lipinski definition) is 1. The van der Waals surface area contributed by atoms with Gasteiger partial charge in [0, 0.05) is 26.2 Å². The second-order valence-corrected chi connectivity index (χ2v) is 5.66. The Balaban J connectivity index is 1.76. The van der Waals surface area contributed by atoms with Crippen LogP contribution in [0, 0.1) is 0 Å². The van der Waals surface area contributed by atoms with E-state index in [1.165, 1.54) is 9.13 Å². The van der Waals surface area contributed by atoms with Gasteiger partial charge in [-0.2, -0.15) is 0 Å². The van der Waals surface area contributed by atoms with Crippen LogP contribution in [0.2, 0.25) is 0 Å². The summed E-state index contributed by atoms with van der Waals surface area (Å²) in [5.74, 6) is -0.206. The lowest BCUT2D eigenvalue weighted by molar-refractivity contribution is -0.121. The highest BCUT2D eigenvalue weighted by atomic mass is 16.2. The molecule has 7 nitrogen and oxygen atoms in total. The van der Waals surface area contributed by atoms with Crippen LogP contribution in [-0.4, -0.2) is 20.0 Å². The number of amides is 1. The highest BCUT2D eigenvalue weighted by molar-refractivity contribution is 5.77. The zero-order valence-corrected chi connectivity index (χ0v) is 13.8. The molecule has 25 heavy (non-hydrogen) atoms. The summed E-state index contributed by atoms with van der Waals surface area (Å²) in [4.78, 5) is 40.5. The van der Waals surface area contributed by atoms with Gasteiger partial charge in [0.1, 0.15) is 0 Å². The predicted molar refractivity (Wildman–Crippen MR) is 94.1 cm³/mol. The number of aryl methyl sites for hydroxylation is 2. The van der Waals surface area contributed by atoms with Crippen molar-refractivity contribution in [3.63, 3.8) is 0 Å². The summed E-state index contributed by atoms with van der Waals surface area (Å²) in [6.07, 6.45) is 1.76. The predicted octanol–water partition coefficient (Wildman–Crippen LogP) is 0.802. The fourth-order valence-electron chi connectivity index (χ4n) is 2.67. The average molecular weight is 338 g/mol. The van der Waals surface area contributed by atoms with E-state index in [4.69, 9.17) is 0 Å². The normalized spacial score (nSPS) is 10.8. The first-order valence-corrected chi connectivity index (χ1v) is 7.93. The van der Waals surface area contributed by atoms with Gasteiger partial charge >= 0.3 is 11.1 Å². The first-order valence-electron chi connectivity index (χ1n) is 7.93.